The lowest BCUT2D eigenvalue weighted by atomic mass is 9.95. The summed E-state index contributed by atoms with van der Waals surface area (Å²) in [5.74, 6) is -0.498. The lowest BCUT2D eigenvalue weighted by molar-refractivity contribution is -0.136. The maximum absolute atomic E-state index is 11.8. The smallest absolute Gasteiger partial charge is 0.321 e. The lowest BCUT2D eigenvalue weighted by Gasteiger charge is -2.22. The van der Waals surface area contributed by atoms with Gasteiger partial charge in [-0.3, -0.25) is 9.59 Å². The van der Waals surface area contributed by atoms with Crippen molar-refractivity contribution < 1.29 is 14.7 Å². The maximum Gasteiger partial charge on any atom is 0.321 e. The van der Waals surface area contributed by atoms with Gasteiger partial charge in [0.2, 0.25) is 0 Å². The summed E-state index contributed by atoms with van der Waals surface area (Å²) in [4.78, 5) is 23.0. The van der Waals surface area contributed by atoms with Crippen LogP contribution in [0.3, 0.4) is 0 Å². The molecule has 0 saturated carbocycles. The van der Waals surface area contributed by atoms with E-state index >= 15 is 0 Å². The molecule has 17 heavy (non-hydrogen) atoms. The third-order valence-electron chi connectivity index (χ3n) is 3.45. The van der Waals surface area contributed by atoms with E-state index < -0.39 is 11.2 Å². The molecule has 0 aromatic heterocycles. The molecular formula is C13H12O3S. The Morgan fingerprint density at radius 3 is 2.71 bits per heavy atom. The van der Waals surface area contributed by atoms with Gasteiger partial charge in [0, 0.05) is 5.56 Å². The molecular weight excluding hydrogens is 236 g/mol. The molecule has 1 aromatic rings. The zero-order valence-corrected chi connectivity index (χ0v) is 10.0. The van der Waals surface area contributed by atoms with E-state index in [1.54, 1.807) is 0 Å². The van der Waals surface area contributed by atoms with Gasteiger partial charge in [0.15, 0.2) is 5.78 Å². The third kappa shape index (κ3) is 1.67. The standard InChI is InChI=1S/C13H12O3S/c14-11-6-17-12(13(15)16)10-5-8-3-1-2-7(8)4-9(10)11/h4-5,12H,1-3,6H2,(H,15,16)/t12-/m0/s1. The van der Waals surface area contributed by atoms with E-state index in [0.29, 0.717) is 11.1 Å². The second kappa shape index (κ2) is 3.88. The summed E-state index contributed by atoms with van der Waals surface area (Å²) in [5.41, 5.74) is 3.80. The molecule has 4 heteroatoms. The summed E-state index contributed by atoms with van der Waals surface area (Å²) < 4.78 is 0. The topological polar surface area (TPSA) is 54.4 Å². The Bertz CT molecular complexity index is 522. The Balaban J connectivity index is 2.17. The second-order valence-electron chi connectivity index (χ2n) is 4.51. The Morgan fingerprint density at radius 1 is 1.29 bits per heavy atom. The van der Waals surface area contributed by atoms with Crippen LogP contribution in [0, 0.1) is 0 Å². The predicted molar refractivity (Wildman–Crippen MR) is 65.6 cm³/mol. The van der Waals surface area contributed by atoms with Gasteiger partial charge in [-0.1, -0.05) is 6.07 Å². The highest BCUT2D eigenvalue weighted by Gasteiger charge is 2.32. The molecule has 1 aliphatic heterocycles. The van der Waals surface area contributed by atoms with Gasteiger partial charge in [-0.05, 0) is 42.0 Å². The zero-order chi connectivity index (χ0) is 12.0. The second-order valence-corrected chi connectivity index (χ2v) is 5.61. The fraction of sp³-hybridized carbons (Fsp3) is 0.385. The van der Waals surface area contributed by atoms with Crippen LogP contribution in [0.4, 0.5) is 0 Å². The van der Waals surface area contributed by atoms with Crippen molar-refractivity contribution in [2.24, 2.45) is 0 Å². The molecule has 3 rings (SSSR count). The van der Waals surface area contributed by atoms with E-state index in [4.69, 9.17) is 0 Å². The van der Waals surface area contributed by atoms with Gasteiger partial charge >= 0.3 is 5.97 Å². The molecule has 1 heterocycles. The summed E-state index contributed by atoms with van der Waals surface area (Å²) in [7, 11) is 0. The van der Waals surface area contributed by atoms with Crippen LogP contribution in [0.5, 0.6) is 0 Å². The van der Waals surface area contributed by atoms with Crippen molar-refractivity contribution in [1.29, 1.82) is 0 Å². The Hall–Kier alpha value is -1.29. The van der Waals surface area contributed by atoms with Crippen LogP contribution in [-0.4, -0.2) is 22.6 Å². The predicted octanol–water partition coefficient (Wildman–Crippen LogP) is 2.23. The number of aliphatic carboxylic acids is 1. The van der Waals surface area contributed by atoms with Gasteiger partial charge in [0.1, 0.15) is 5.25 Å². The fourth-order valence-electron chi connectivity index (χ4n) is 2.63. The van der Waals surface area contributed by atoms with Crippen LogP contribution in [0.1, 0.15) is 38.7 Å². The number of ketones is 1. The van der Waals surface area contributed by atoms with Crippen LogP contribution < -0.4 is 0 Å². The van der Waals surface area contributed by atoms with E-state index in [1.165, 1.54) is 22.9 Å². The van der Waals surface area contributed by atoms with Crippen molar-refractivity contribution >= 4 is 23.5 Å². The molecule has 0 unspecified atom stereocenters. The van der Waals surface area contributed by atoms with E-state index in [2.05, 4.69) is 0 Å². The van der Waals surface area contributed by atoms with Crippen molar-refractivity contribution in [2.45, 2.75) is 24.5 Å². The molecule has 0 fully saturated rings. The monoisotopic (exact) mass is 248 g/mol. The Labute approximate surface area is 103 Å². The van der Waals surface area contributed by atoms with Gasteiger partial charge in [-0.2, -0.15) is 0 Å². The first-order valence-electron chi connectivity index (χ1n) is 5.70. The lowest BCUT2D eigenvalue weighted by Crippen LogP contribution is -2.21. The average molecular weight is 248 g/mol. The summed E-state index contributed by atoms with van der Waals surface area (Å²) >= 11 is 1.22. The fourth-order valence-corrected chi connectivity index (χ4v) is 3.62. The normalized spacial score (nSPS) is 22.1. The number of carbonyl (C=O) groups is 2. The molecule has 0 radical (unpaired) electrons. The highest BCUT2D eigenvalue weighted by Crippen LogP contribution is 2.39. The van der Waals surface area contributed by atoms with E-state index in [-0.39, 0.29) is 11.5 Å². The van der Waals surface area contributed by atoms with Crippen LogP contribution in [-0.2, 0) is 17.6 Å². The number of aryl methyl sites for hydroxylation is 2. The first-order valence-corrected chi connectivity index (χ1v) is 6.75. The molecule has 3 nitrogen and oxygen atoms in total. The van der Waals surface area contributed by atoms with Gasteiger partial charge in [-0.15, -0.1) is 11.8 Å². The van der Waals surface area contributed by atoms with Gasteiger partial charge in [-0.25, -0.2) is 0 Å². The molecule has 0 bridgehead atoms. The van der Waals surface area contributed by atoms with Crippen molar-refractivity contribution in [1.82, 2.24) is 0 Å². The van der Waals surface area contributed by atoms with E-state index in [9.17, 15) is 14.7 Å². The molecule has 0 amide bonds. The number of carboxylic acids is 1. The number of benzene rings is 1. The summed E-state index contributed by atoms with van der Waals surface area (Å²) in [6.45, 7) is 0. The highest BCUT2D eigenvalue weighted by molar-refractivity contribution is 8.01. The number of fused-ring (bicyclic) bond motifs is 2. The quantitative estimate of drug-likeness (QED) is 0.828. The molecule has 1 aliphatic carbocycles. The number of carboxylic acid groups (broad SMARTS) is 1. The molecule has 1 N–H and O–H groups in total. The highest BCUT2D eigenvalue weighted by atomic mass is 32.2. The molecule has 2 aliphatic rings. The molecule has 0 saturated heterocycles. The molecule has 0 spiro atoms. The number of hydrogen-bond acceptors (Lipinski definition) is 3. The first kappa shape index (κ1) is 10.8. The largest absolute Gasteiger partial charge is 0.480 e. The van der Waals surface area contributed by atoms with Crippen molar-refractivity contribution in [2.75, 3.05) is 5.75 Å². The van der Waals surface area contributed by atoms with Gasteiger partial charge < -0.3 is 5.11 Å². The Morgan fingerprint density at radius 2 is 2.00 bits per heavy atom. The number of rotatable bonds is 1. The van der Waals surface area contributed by atoms with E-state index in [1.807, 2.05) is 12.1 Å². The molecule has 88 valence electrons. The van der Waals surface area contributed by atoms with Crippen LogP contribution in [0.25, 0.3) is 0 Å². The van der Waals surface area contributed by atoms with E-state index in [0.717, 1.165) is 19.3 Å². The summed E-state index contributed by atoms with van der Waals surface area (Å²) in [6.07, 6.45) is 3.13. The first-order chi connectivity index (χ1) is 8.16. The van der Waals surface area contributed by atoms with Crippen molar-refractivity contribution in [3.8, 4) is 0 Å². The molecule has 1 atom stereocenters. The van der Waals surface area contributed by atoms with Crippen LogP contribution >= 0.6 is 11.8 Å². The average Bonchev–Trinajstić information content (AvgIpc) is 2.74. The summed E-state index contributed by atoms with van der Waals surface area (Å²) in [5, 5.41) is 8.61. The van der Waals surface area contributed by atoms with Crippen molar-refractivity contribution in [3.63, 3.8) is 0 Å². The third-order valence-corrected chi connectivity index (χ3v) is 4.67. The minimum atomic E-state index is -0.846. The molecule has 1 aromatic carbocycles. The van der Waals surface area contributed by atoms with Gasteiger partial charge in [0.05, 0.1) is 5.75 Å². The zero-order valence-electron chi connectivity index (χ0n) is 9.23. The van der Waals surface area contributed by atoms with Crippen LogP contribution in [0.15, 0.2) is 12.1 Å². The van der Waals surface area contributed by atoms with Crippen LogP contribution in [0.2, 0.25) is 0 Å². The SMILES string of the molecule is O=C1CS[C@H](C(=O)O)c2cc3c(cc21)CCC3. The summed E-state index contributed by atoms with van der Waals surface area (Å²) in [6, 6.07) is 3.87. The number of Topliss-reactive ketones (excluding diaryl/α,β-unsaturated/α-hetero) is 1. The number of hydrogen-bond donors (Lipinski definition) is 1. The maximum atomic E-state index is 11.8. The van der Waals surface area contributed by atoms with Gasteiger partial charge in [0.25, 0.3) is 0 Å². The van der Waals surface area contributed by atoms with Crippen molar-refractivity contribution in [3.05, 3.63) is 34.4 Å². The Kier molecular flexibility index (Phi) is 2.47. The number of carbonyl (C=O) groups excluding carboxylic acids is 1. The minimum Gasteiger partial charge on any atom is -0.480 e. The number of thioether (sulfide) groups is 1. The minimum absolute atomic E-state index is 0.0669.